The lowest BCUT2D eigenvalue weighted by Crippen LogP contribution is -2.29. The number of para-hydroxylation sites is 1. The van der Waals surface area contributed by atoms with Crippen LogP contribution in [0.2, 0.25) is 0 Å². The van der Waals surface area contributed by atoms with Crippen molar-refractivity contribution >= 4 is 5.97 Å². The van der Waals surface area contributed by atoms with Gasteiger partial charge in [-0.1, -0.05) is 25.1 Å². The first-order valence-corrected chi connectivity index (χ1v) is 6.37. The topological polar surface area (TPSA) is 55.1 Å². The number of aromatic nitrogens is 2. The van der Waals surface area contributed by atoms with Gasteiger partial charge in [0.05, 0.1) is 17.3 Å². The lowest BCUT2D eigenvalue weighted by molar-refractivity contribution is -0.148. The summed E-state index contributed by atoms with van der Waals surface area (Å²) in [6.45, 7) is 3.67. The van der Waals surface area contributed by atoms with Crippen molar-refractivity contribution in [3.8, 4) is 5.69 Å². The normalized spacial score (nSPS) is 14.0. The van der Waals surface area contributed by atoms with Crippen LogP contribution in [0.3, 0.4) is 0 Å². The summed E-state index contributed by atoms with van der Waals surface area (Å²) in [5.74, 6) is -0.762. The minimum Gasteiger partial charge on any atom is -0.481 e. The molecule has 4 nitrogen and oxygen atoms in total. The molecular weight excluding hydrogens is 240 g/mol. The van der Waals surface area contributed by atoms with Gasteiger partial charge in [0.1, 0.15) is 0 Å². The van der Waals surface area contributed by atoms with E-state index in [-0.39, 0.29) is 0 Å². The molecule has 1 aromatic heterocycles. The second-order valence-electron chi connectivity index (χ2n) is 5.02. The van der Waals surface area contributed by atoms with Crippen molar-refractivity contribution < 1.29 is 9.90 Å². The Morgan fingerprint density at radius 2 is 2.05 bits per heavy atom. The zero-order valence-corrected chi connectivity index (χ0v) is 11.2. The predicted octanol–water partition coefficient (Wildman–Crippen LogP) is 2.92. The molecule has 0 aliphatic carbocycles. The number of carbonyl (C=O) groups is 1. The molecule has 1 heterocycles. The number of benzene rings is 1. The predicted molar refractivity (Wildman–Crippen MR) is 73.3 cm³/mol. The largest absolute Gasteiger partial charge is 0.481 e. The summed E-state index contributed by atoms with van der Waals surface area (Å²) in [5.41, 5.74) is 1.18. The van der Waals surface area contributed by atoms with Gasteiger partial charge >= 0.3 is 5.97 Å². The highest BCUT2D eigenvalue weighted by atomic mass is 16.4. The fourth-order valence-corrected chi connectivity index (χ4v) is 1.98. The van der Waals surface area contributed by atoms with Gasteiger partial charge in [0.25, 0.3) is 0 Å². The van der Waals surface area contributed by atoms with E-state index >= 15 is 0 Å². The van der Waals surface area contributed by atoms with Crippen molar-refractivity contribution in [2.24, 2.45) is 5.41 Å². The Labute approximate surface area is 112 Å². The average Bonchev–Trinajstić information content (AvgIpc) is 2.87. The van der Waals surface area contributed by atoms with E-state index in [4.69, 9.17) is 0 Å². The summed E-state index contributed by atoms with van der Waals surface area (Å²) in [6.07, 6.45) is 4.72. The van der Waals surface area contributed by atoms with Crippen molar-refractivity contribution in [3.05, 3.63) is 48.3 Å². The first-order valence-electron chi connectivity index (χ1n) is 6.37. The fourth-order valence-electron chi connectivity index (χ4n) is 1.98. The van der Waals surface area contributed by atoms with E-state index in [1.807, 2.05) is 43.5 Å². The lowest BCUT2D eigenvalue weighted by atomic mass is 9.82. The summed E-state index contributed by atoms with van der Waals surface area (Å²) < 4.78 is 1.77. The van der Waals surface area contributed by atoms with Gasteiger partial charge in [0.2, 0.25) is 0 Å². The van der Waals surface area contributed by atoms with Gasteiger partial charge < -0.3 is 5.11 Å². The van der Waals surface area contributed by atoms with Gasteiger partial charge in [0.15, 0.2) is 0 Å². The third-order valence-electron chi connectivity index (χ3n) is 3.55. The average molecular weight is 258 g/mol. The smallest absolute Gasteiger partial charge is 0.309 e. The number of carboxylic acid groups (broad SMARTS) is 1. The van der Waals surface area contributed by atoms with Crippen molar-refractivity contribution in [3.63, 3.8) is 0 Å². The van der Waals surface area contributed by atoms with Crippen molar-refractivity contribution in [2.45, 2.75) is 26.7 Å². The monoisotopic (exact) mass is 258 g/mol. The Bertz CT molecular complexity index is 563. The molecule has 2 rings (SSSR count). The molecular formula is C15H18N2O2. The fraction of sp³-hybridized carbons (Fsp3) is 0.333. The highest BCUT2D eigenvalue weighted by Crippen LogP contribution is 2.26. The summed E-state index contributed by atoms with van der Waals surface area (Å²) in [5, 5.41) is 13.6. The van der Waals surface area contributed by atoms with Crippen LogP contribution in [0, 0.1) is 5.41 Å². The second-order valence-corrected chi connectivity index (χ2v) is 5.02. The van der Waals surface area contributed by atoms with Crippen LogP contribution in [0.15, 0.2) is 42.7 Å². The van der Waals surface area contributed by atoms with Gasteiger partial charge in [-0.05, 0) is 37.5 Å². The highest BCUT2D eigenvalue weighted by molar-refractivity contribution is 5.74. The van der Waals surface area contributed by atoms with Gasteiger partial charge in [0, 0.05) is 6.20 Å². The Balaban J connectivity index is 2.21. The van der Waals surface area contributed by atoms with E-state index in [2.05, 4.69) is 5.10 Å². The molecule has 0 fully saturated rings. The third kappa shape index (κ3) is 2.84. The molecule has 2 aromatic rings. The molecule has 1 atom stereocenters. The summed E-state index contributed by atoms with van der Waals surface area (Å²) in [4.78, 5) is 11.3. The quantitative estimate of drug-likeness (QED) is 0.897. The molecule has 1 unspecified atom stereocenters. The maximum atomic E-state index is 11.3. The summed E-state index contributed by atoms with van der Waals surface area (Å²) in [6, 6.07) is 9.78. The minimum atomic E-state index is -0.762. The second kappa shape index (κ2) is 5.26. The Morgan fingerprint density at radius 1 is 1.37 bits per heavy atom. The van der Waals surface area contributed by atoms with E-state index < -0.39 is 11.4 Å². The van der Waals surface area contributed by atoms with Crippen LogP contribution in [0.25, 0.3) is 5.69 Å². The van der Waals surface area contributed by atoms with Crippen LogP contribution in [0.1, 0.15) is 25.8 Å². The molecule has 0 saturated heterocycles. The van der Waals surface area contributed by atoms with Gasteiger partial charge in [-0.25, -0.2) is 4.68 Å². The van der Waals surface area contributed by atoms with Crippen LogP contribution in [-0.2, 0) is 11.2 Å². The van der Waals surface area contributed by atoms with Crippen LogP contribution >= 0.6 is 0 Å². The molecule has 1 N–H and O–H groups in total. The molecule has 19 heavy (non-hydrogen) atoms. The zero-order valence-electron chi connectivity index (χ0n) is 11.2. The van der Waals surface area contributed by atoms with Gasteiger partial charge in [-0.2, -0.15) is 5.10 Å². The number of rotatable bonds is 5. The third-order valence-corrected chi connectivity index (χ3v) is 3.55. The van der Waals surface area contributed by atoms with Crippen LogP contribution < -0.4 is 0 Å². The maximum absolute atomic E-state index is 11.3. The first-order chi connectivity index (χ1) is 9.05. The minimum absolute atomic E-state index is 0.492. The van der Waals surface area contributed by atoms with Crippen molar-refractivity contribution in [2.75, 3.05) is 0 Å². The Morgan fingerprint density at radius 3 is 2.63 bits per heavy atom. The van der Waals surface area contributed by atoms with Gasteiger partial charge in [-0.15, -0.1) is 0 Å². The molecule has 1 aromatic carbocycles. The van der Waals surface area contributed by atoms with Crippen molar-refractivity contribution in [1.29, 1.82) is 0 Å². The van der Waals surface area contributed by atoms with E-state index in [1.165, 1.54) is 0 Å². The number of carboxylic acids is 1. The number of nitrogens with zero attached hydrogens (tertiary/aromatic N) is 2. The molecule has 0 radical (unpaired) electrons. The Kier molecular flexibility index (Phi) is 3.69. The first kappa shape index (κ1) is 13.3. The molecule has 4 heteroatoms. The highest BCUT2D eigenvalue weighted by Gasteiger charge is 2.31. The number of hydrogen-bond donors (Lipinski definition) is 1. The molecule has 0 saturated carbocycles. The number of aliphatic carboxylic acids is 1. The molecule has 0 aliphatic rings. The molecule has 0 amide bonds. The molecule has 100 valence electrons. The zero-order chi connectivity index (χ0) is 13.9. The van der Waals surface area contributed by atoms with Crippen molar-refractivity contribution in [1.82, 2.24) is 9.78 Å². The summed E-state index contributed by atoms with van der Waals surface area (Å²) >= 11 is 0. The SMILES string of the molecule is CCC(C)(Cc1cnn(-c2ccccc2)c1)C(=O)O. The van der Waals surface area contributed by atoms with Gasteiger partial charge in [-0.3, -0.25) is 4.79 Å². The van der Waals surface area contributed by atoms with E-state index in [0.29, 0.717) is 12.8 Å². The summed E-state index contributed by atoms with van der Waals surface area (Å²) in [7, 11) is 0. The molecule has 0 aliphatic heterocycles. The molecule has 0 spiro atoms. The Hall–Kier alpha value is -2.10. The molecule has 0 bridgehead atoms. The van der Waals surface area contributed by atoms with E-state index in [1.54, 1.807) is 17.8 Å². The number of hydrogen-bond acceptors (Lipinski definition) is 2. The van der Waals surface area contributed by atoms with Crippen LogP contribution in [0.5, 0.6) is 0 Å². The van der Waals surface area contributed by atoms with Crippen LogP contribution in [-0.4, -0.2) is 20.9 Å². The van der Waals surface area contributed by atoms with E-state index in [0.717, 1.165) is 11.3 Å². The maximum Gasteiger partial charge on any atom is 0.309 e. The standard InChI is InChI=1S/C15H18N2O2/c1-3-15(2,14(18)19)9-12-10-16-17(11-12)13-7-5-4-6-8-13/h4-8,10-11H,3,9H2,1-2H3,(H,18,19). The van der Waals surface area contributed by atoms with E-state index in [9.17, 15) is 9.90 Å². The lowest BCUT2D eigenvalue weighted by Gasteiger charge is -2.21. The van der Waals surface area contributed by atoms with Crippen LogP contribution in [0.4, 0.5) is 0 Å².